The summed E-state index contributed by atoms with van der Waals surface area (Å²) in [6.45, 7) is 3.55. The summed E-state index contributed by atoms with van der Waals surface area (Å²) in [7, 11) is 0. The number of benzene rings is 3. The molecule has 0 saturated carbocycles. The molecule has 1 aliphatic heterocycles. The van der Waals surface area contributed by atoms with Crippen molar-refractivity contribution < 1.29 is 4.74 Å². The molecule has 6 rings (SSSR count). The summed E-state index contributed by atoms with van der Waals surface area (Å²) < 4.78 is 6.31. The molecule has 3 aromatic rings. The van der Waals surface area contributed by atoms with E-state index in [1.165, 1.54) is 55.3 Å². The lowest BCUT2D eigenvalue weighted by Gasteiger charge is -2.17. The molecule has 0 fully saturated rings. The summed E-state index contributed by atoms with van der Waals surface area (Å²) >= 11 is 0. The first-order valence-corrected chi connectivity index (χ1v) is 10.8. The van der Waals surface area contributed by atoms with Gasteiger partial charge in [-0.25, -0.2) is 0 Å². The average molecular weight is 389 g/mol. The third-order valence-electron chi connectivity index (χ3n) is 6.57. The highest BCUT2D eigenvalue weighted by Gasteiger charge is 2.32. The van der Waals surface area contributed by atoms with Gasteiger partial charge in [0.1, 0.15) is 0 Å². The first kappa shape index (κ1) is 17.7. The molecule has 1 atom stereocenters. The Morgan fingerprint density at radius 1 is 0.767 bits per heavy atom. The molecule has 3 aliphatic rings. The molecule has 0 aromatic heterocycles. The summed E-state index contributed by atoms with van der Waals surface area (Å²) in [5.41, 5.74) is 10.6. The van der Waals surface area contributed by atoms with Crippen molar-refractivity contribution in [1.82, 2.24) is 0 Å². The van der Waals surface area contributed by atoms with E-state index in [4.69, 9.17) is 4.74 Å². The topological polar surface area (TPSA) is 9.23 Å². The zero-order valence-electron chi connectivity index (χ0n) is 17.2. The van der Waals surface area contributed by atoms with E-state index >= 15 is 0 Å². The number of allylic oxidation sites excluding steroid dienone is 5. The minimum absolute atomic E-state index is 0.602. The summed E-state index contributed by atoms with van der Waals surface area (Å²) in [5.74, 6) is 0.602. The Balaban J connectivity index is 1.71. The summed E-state index contributed by atoms with van der Waals surface area (Å²) in [5, 5.41) is 2.69. The monoisotopic (exact) mass is 388 g/mol. The molecule has 1 heterocycles. The van der Waals surface area contributed by atoms with Gasteiger partial charge >= 0.3 is 0 Å². The molecule has 30 heavy (non-hydrogen) atoms. The van der Waals surface area contributed by atoms with Crippen molar-refractivity contribution in [2.45, 2.75) is 13.3 Å². The van der Waals surface area contributed by atoms with Crippen molar-refractivity contribution in [3.63, 3.8) is 0 Å². The minimum Gasteiger partial charge on any atom is -0.372 e. The Morgan fingerprint density at radius 2 is 1.47 bits per heavy atom. The summed E-state index contributed by atoms with van der Waals surface area (Å²) in [6.07, 6.45) is 8.11. The molecule has 0 radical (unpaired) electrons. The highest BCUT2D eigenvalue weighted by atomic mass is 16.5. The van der Waals surface area contributed by atoms with E-state index in [2.05, 4.69) is 91.9 Å². The maximum atomic E-state index is 6.31. The number of hydrogen-bond acceptors (Lipinski definition) is 1. The molecule has 1 unspecified atom stereocenters. The predicted octanol–water partition coefficient (Wildman–Crippen LogP) is 7.07. The van der Waals surface area contributed by atoms with Gasteiger partial charge in [-0.05, 0) is 67.7 Å². The number of ether oxygens (including phenoxy) is 1. The quantitative estimate of drug-likeness (QED) is 0.456. The van der Waals surface area contributed by atoms with Crippen LogP contribution in [0.2, 0.25) is 0 Å². The van der Waals surface area contributed by atoms with Crippen molar-refractivity contribution in [2.75, 3.05) is 13.2 Å². The summed E-state index contributed by atoms with van der Waals surface area (Å²) in [4.78, 5) is 0. The fraction of sp³-hybridized carbons (Fsp3) is 0.172. The molecule has 0 spiro atoms. The van der Waals surface area contributed by atoms with E-state index in [-0.39, 0.29) is 0 Å². The highest BCUT2D eigenvalue weighted by Crippen LogP contribution is 2.52. The highest BCUT2D eigenvalue weighted by molar-refractivity contribution is 6.28. The van der Waals surface area contributed by atoms with Crippen molar-refractivity contribution in [1.29, 1.82) is 0 Å². The SMILES string of the molecule is CC1C=CC(C2=C3C(=C(c4ccccc4)COC2)c2cccc4cccc3c24)=CC1. The van der Waals surface area contributed by atoms with Gasteiger partial charge in [0.2, 0.25) is 0 Å². The van der Waals surface area contributed by atoms with Crippen LogP contribution in [0.3, 0.4) is 0 Å². The molecule has 2 aliphatic carbocycles. The van der Waals surface area contributed by atoms with Crippen LogP contribution in [0.4, 0.5) is 0 Å². The van der Waals surface area contributed by atoms with E-state index < -0.39 is 0 Å². The minimum atomic E-state index is 0.602. The molecule has 0 bridgehead atoms. The standard InChI is InChI=1S/C29H24O/c1-19-13-15-21(16-14-19)26-18-30-17-25(20-7-3-2-4-8-20)28-23-11-5-9-22-10-6-12-24(27(22)23)29(26)28/h2-13,15-16,19H,14,17-18H2,1H3. The van der Waals surface area contributed by atoms with Crippen LogP contribution in [-0.2, 0) is 4.74 Å². The van der Waals surface area contributed by atoms with Crippen molar-refractivity contribution >= 4 is 27.5 Å². The van der Waals surface area contributed by atoms with Crippen LogP contribution < -0.4 is 0 Å². The Hall–Kier alpha value is -3.16. The first-order chi connectivity index (χ1) is 14.8. The normalized spacial score (nSPS) is 20.4. The fourth-order valence-electron chi connectivity index (χ4n) is 5.10. The van der Waals surface area contributed by atoms with Gasteiger partial charge in [0.25, 0.3) is 0 Å². The smallest absolute Gasteiger partial charge is 0.0733 e. The molecule has 3 aromatic carbocycles. The number of hydrogen-bond donors (Lipinski definition) is 0. The predicted molar refractivity (Wildman–Crippen MR) is 126 cm³/mol. The lowest BCUT2D eigenvalue weighted by Crippen LogP contribution is -2.04. The van der Waals surface area contributed by atoms with Crippen molar-refractivity contribution in [2.24, 2.45) is 5.92 Å². The van der Waals surface area contributed by atoms with Crippen LogP contribution in [-0.4, -0.2) is 13.2 Å². The Labute approximate surface area is 177 Å². The number of fused-ring (bicyclic) bond motifs is 3. The molecular formula is C29H24O. The Morgan fingerprint density at radius 3 is 2.17 bits per heavy atom. The molecule has 1 heteroatoms. The number of rotatable bonds is 2. The van der Waals surface area contributed by atoms with Gasteiger partial charge in [0.15, 0.2) is 0 Å². The van der Waals surface area contributed by atoms with Gasteiger partial charge in [-0.3, -0.25) is 0 Å². The average Bonchev–Trinajstić information content (AvgIpc) is 2.99. The Bertz CT molecular complexity index is 1280. The second kappa shape index (κ2) is 6.97. The molecule has 146 valence electrons. The first-order valence-electron chi connectivity index (χ1n) is 10.8. The maximum Gasteiger partial charge on any atom is 0.0733 e. The van der Waals surface area contributed by atoms with Gasteiger partial charge in [-0.15, -0.1) is 0 Å². The maximum absolute atomic E-state index is 6.31. The zero-order valence-corrected chi connectivity index (χ0v) is 17.2. The van der Waals surface area contributed by atoms with Crippen LogP contribution in [0.5, 0.6) is 0 Å². The van der Waals surface area contributed by atoms with E-state index in [0.717, 1.165) is 6.42 Å². The Kier molecular flexibility index (Phi) is 4.11. The second-order valence-corrected chi connectivity index (χ2v) is 8.51. The second-order valence-electron chi connectivity index (χ2n) is 8.51. The molecule has 0 amide bonds. The van der Waals surface area contributed by atoms with E-state index in [1.807, 2.05) is 0 Å². The van der Waals surface area contributed by atoms with Gasteiger partial charge in [0, 0.05) is 0 Å². The van der Waals surface area contributed by atoms with Gasteiger partial charge in [-0.2, -0.15) is 0 Å². The van der Waals surface area contributed by atoms with Crippen LogP contribution in [0.15, 0.2) is 96.1 Å². The van der Waals surface area contributed by atoms with Gasteiger partial charge < -0.3 is 4.74 Å². The van der Waals surface area contributed by atoms with Crippen LogP contribution >= 0.6 is 0 Å². The lowest BCUT2D eigenvalue weighted by atomic mass is 9.86. The van der Waals surface area contributed by atoms with Crippen molar-refractivity contribution in [3.8, 4) is 0 Å². The fourth-order valence-corrected chi connectivity index (χ4v) is 5.10. The van der Waals surface area contributed by atoms with Crippen LogP contribution in [0.25, 0.3) is 27.5 Å². The van der Waals surface area contributed by atoms with Gasteiger partial charge in [-0.1, -0.05) is 91.9 Å². The van der Waals surface area contributed by atoms with Crippen LogP contribution in [0, 0.1) is 5.92 Å². The largest absolute Gasteiger partial charge is 0.372 e. The van der Waals surface area contributed by atoms with Crippen molar-refractivity contribution in [3.05, 3.63) is 113 Å². The van der Waals surface area contributed by atoms with E-state index in [9.17, 15) is 0 Å². The molecular weight excluding hydrogens is 364 g/mol. The third kappa shape index (κ3) is 2.66. The van der Waals surface area contributed by atoms with E-state index in [1.54, 1.807) is 0 Å². The van der Waals surface area contributed by atoms with Gasteiger partial charge in [0.05, 0.1) is 13.2 Å². The lowest BCUT2D eigenvalue weighted by molar-refractivity contribution is 0.195. The molecule has 0 saturated heterocycles. The summed E-state index contributed by atoms with van der Waals surface area (Å²) in [6, 6.07) is 24.1. The zero-order chi connectivity index (χ0) is 20.1. The molecule has 1 nitrogen and oxygen atoms in total. The molecule has 0 N–H and O–H groups in total. The van der Waals surface area contributed by atoms with E-state index in [0.29, 0.717) is 19.1 Å². The third-order valence-corrected chi connectivity index (χ3v) is 6.57. The van der Waals surface area contributed by atoms with Crippen LogP contribution in [0.1, 0.15) is 30.0 Å².